The molecule has 1 N–H and O–H groups in total. The first kappa shape index (κ1) is 30.2. The largest absolute Gasteiger partial charge is 0.497 e. The van der Waals surface area contributed by atoms with Gasteiger partial charge in [-0.15, -0.1) is 0 Å². The lowest BCUT2D eigenvalue weighted by Gasteiger charge is -2.34. The number of piperazine rings is 1. The summed E-state index contributed by atoms with van der Waals surface area (Å²) in [4.78, 5) is 22.2. The number of ether oxygens (including phenoxy) is 3. The number of rotatable bonds is 14. The molecule has 1 aliphatic rings. The Hall–Kier alpha value is -2.81. The van der Waals surface area contributed by atoms with E-state index in [4.69, 9.17) is 19.2 Å². The highest BCUT2D eigenvalue weighted by molar-refractivity contribution is 7.89. The maximum absolute atomic E-state index is 13.1. The van der Waals surface area contributed by atoms with Gasteiger partial charge in [-0.25, -0.2) is 13.4 Å². The molecule has 4 rings (SSSR count). The van der Waals surface area contributed by atoms with E-state index in [1.54, 1.807) is 30.6 Å². The predicted octanol–water partition coefficient (Wildman–Crippen LogP) is 2.14. The highest BCUT2D eigenvalue weighted by Crippen LogP contribution is 2.31. The van der Waals surface area contributed by atoms with Gasteiger partial charge in [-0.05, 0) is 42.5 Å². The maximum Gasteiger partial charge on any atom is 0.251 e. The summed E-state index contributed by atoms with van der Waals surface area (Å²) < 4.78 is 44.0. The van der Waals surface area contributed by atoms with Crippen LogP contribution in [0.25, 0.3) is 10.2 Å². The van der Waals surface area contributed by atoms with Gasteiger partial charge in [0.2, 0.25) is 10.0 Å². The van der Waals surface area contributed by atoms with Gasteiger partial charge < -0.3 is 24.4 Å². The molecule has 13 heteroatoms. The van der Waals surface area contributed by atoms with Crippen LogP contribution in [0.5, 0.6) is 5.75 Å². The fourth-order valence-corrected chi connectivity index (χ4v) is 6.87. The van der Waals surface area contributed by atoms with Crippen molar-refractivity contribution in [3.05, 3.63) is 48.0 Å². The molecule has 1 aliphatic heterocycles. The van der Waals surface area contributed by atoms with Crippen LogP contribution in [0.15, 0.2) is 47.4 Å². The van der Waals surface area contributed by atoms with E-state index in [0.29, 0.717) is 12.1 Å². The molecule has 1 saturated heterocycles. The lowest BCUT2D eigenvalue weighted by Crippen LogP contribution is -2.48. The summed E-state index contributed by atoms with van der Waals surface area (Å²) in [5.74, 6) is 0.598. The first-order chi connectivity index (χ1) is 19.3. The molecule has 0 bridgehead atoms. The average molecular weight is 592 g/mol. The number of carbonyl (C=O) groups excluding carboxylic acids is 1. The van der Waals surface area contributed by atoms with Crippen molar-refractivity contribution in [2.45, 2.75) is 4.90 Å². The Kier molecular flexibility index (Phi) is 10.7. The summed E-state index contributed by atoms with van der Waals surface area (Å²) in [6.07, 6.45) is 0. The fraction of sp³-hybridized carbons (Fsp3) is 0.481. The van der Waals surface area contributed by atoms with Crippen LogP contribution in [0.4, 0.5) is 5.13 Å². The Labute approximate surface area is 239 Å². The van der Waals surface area contributed by atoms with Crippen molar-refractivity contribution in [1.29, 1.82) is 0 Å². The number of carbonyl (C=O) groups is 1. The quantitative estimate of drug-likeness (QED) is 0.301. The molecular weight excluding hydrogens is 554 g/mol. The van der Waals surface area contributed by atoms with Crippen LogP contribution in [0.2, 0.25) is 0 Å². The van der Waals surface area contributed by atoms with Crippen molar-refractivity contribution in [2.24, 2.45) is 0 Å². The van der Waals surface area contributed by atoms with E-state index in [0.717, 1.165) is 53.8 Å². The molecule has 40 heavy (non-hydrogen) atoms. The Bertz CT molecular complexity index is 1350. The van der Waals surface area contributed by atoms with Crippen LogP contribution in [0, 0.1) is 0 Å². The third-order valence-corrected chi connectivity index (χ3v) is 9.78. The molecule has 0 saturated carbocycles. The van der Waals surface area contributed by atoms with E-state index in [9.17, 15) is 13.2 Å². The van der Waals surface area contributed by atoms with Crippen molar-refractivity contribution >= 4 is 42.6 Å². The van der Waals surface area contributed by atoms with E-state index in [2.05, 4.69) is 15.1 Å². The smallest absolute Gasteiger partial charge is 0.251 e. The van der Waals surface area contributed by atoms with Crippen LogP contribution in [0.3, 0.4) is 0 Å². The number of thiazole rings is 1. The summed E-state index contributed by atoms with van der Waals surface area (Å²) in [7, 11) is 0.980. The molecular formula is C27H37N5O6S2. The minimum Gasteiger partial charge on any atom is -0.497 e. The number of hydrogen-bond donors (Lipinski definition) is 1. The number of anilines is 1. The monoisotopic (exact) mass is 591 g/mol. The number of sulfonamides is 1. The van der Waals surface area contributed by atoms with Gasteiger partial charge in [0, 0.05) is 72.1 Å². The van der Waals surface area contributed by atoms with Gasteiger partial charge >= 0.3 is 0 Å². The normalized spacial score (nSPS) is 14.7. The summed E-state index contributed by atoms with van der Waals surface area (Å²) in [6.45, 7) is 5.71. The van der Waals surface area contributed by atoms with Gasteiger partial charge in [0.1, 0.15) is 5.75 Å². The standard InChI is InChI=1S/C27H37N5O6S2/c1-36-18-16-32(17-19-37-2)40(34,35)23-7-4-21(5-8-23)26(33)28-10-11-30-12-14-31(15-13-30)27-29-24-9-6-22(38-3)20-25(24)39-27/h4-9,20H,10-19H2,1-3H3,(H,28,33). The van der Waals surface area contributed by atoms with E-state index >= 15 is 0 Å². The van der Waals surface area contributed by atoms with Crippen molar-refractivity contribution in [3.8, 4) is 5.75 Å². The Balaban J connectivity index is 1.24. The molecule has 0 unspecified atom stereocenters. The van der Waals surface area contributed by atoms with Crippen LogP contribution in [-0.4, -0.2) is 115 Å². The summed E-state index contributed by atoms with van der Waals surface area (Å²) in [5, 5.41) is 3.96. The summed E-state index contributed by atoms with van der Waals surface area (Å²) in [5.41, 5.74) is 1.39. The summed E-state index contributed by atoms with van der Waals surface area (Å²) in [6, 6.07) is 11.9. The van der Waals surface area contributed by atoms with Gasteiger partial charge in [0.15, 0.2) is 5.13 Å². The number of nitrogens with one attached hydrogen (secondary N) is 1. The van der Waals surface area contributed by atoms with Crippen molar-refractivity contribution in [2.75, 3.05) is 91.8 Å². The van der Waals surface area contributed by atoms with Gasteiger partial charge in [0.25, 0.3) is 5.91 Å². The fourth-order valence-electron chi connectivity index (χ4n) is 4.41. The average Bonchev–Trinajstić information content (AvgIpc) is 3.41. The van der Waals surface area contributed by atoms with Crippen molar-refractivity contribution in [1.82, 2.24) is 19.5 Å². The zero-order valence-corrected chi connectivity index (χ0v) is 24.8. The van der Waals surface area contributed by atoms with Gasteiger partial charge in [-0.3, -0.25) is 9.69 Å². The van der Waals surface area contributed by atoms with Crippen LogP contribution in [0.1, 0.15) is 10.4 Å². The first-order valence-electron chi connectivity index (χ1n) is 13.1. The van der Waals surface area contributed by atoms with Crippen LogP contribution < -0.4 is 15.0 Å². The molecule has 1 fully saturated rings. The first-order valence-corrected chi connectivity index (χ1v) is 15.4. The Morgan fingerprint density at radius 3 is 2.30 bits per heavy atom. The number of amides is 1. The van der Waals surface area contributed by atoms with Gasteiger partial charge in [-0.1, -0.05) is 11.3 Å². The SMILES string of the molecule is COCCN(CCOC)S(=O)(=O)c1ccc(C(=O)NCCN2CCN(c3nc4ccc(OC)cc4s3)CC2)cc1. The molecule has 11 nitrogen and oxygen atoms in total. The number of aromatic nitrogens is 1. The minimum atomic E-state index is -3.73. The Morgan fingerprint density at radius 1 is 1.00 bits per heavy atom. The van der Waals surface area contributed by atoms with Gasteiger partial charge in [0.05, 0.1) is 35.4 Å². The van der Waals surface area contributed by atoms with E-state index < -0.39 is 10.0 Å². The number of benzene rings is 2. The third kappa shape index (κ3) is 7.47. The number of nitrogens with zero attached hydrogens (tertiary/aromatic N) is 4. The van der Waals surface area contributed by atoms with E-state index in [1.807, 2.05) is 18.2 Å². The van der Waals surface area contributed by atoms with Crippen LogP contribution in [-0.2, 0) is 19.5 Å². The second-order valence-electron chi connectivity index (χ2n) is 9.33. The second kappa shape index (κ2) is 14.2. The van der Waals surface area contributed by atoms with Gasteiger partial charge in [-0.2, -0.15) is 4.31 Å². The topological polar surface area (TPSA) is 114 Å². The second-order valence-corrected chi connectivity index (χ2v) is 12.3. The zero-order valence-electron chi connectivity index (χ0n) is 23.2. The lowest BCUT2D eigenvalue weighted by atomic mass is 10.2. The zero-order chi connectivity index (χ0) is 28.5. The molecule has 1 amide bonds. The molecule has 0 spiro atoms. The predicted molar refractivity (Wildman–Crippen MR) is 156 cm³/mol. The Morgan fingerprint density at radius 2 is 1.68 bits per heavy atom. The van der Waals surface area contributed by atoms with Crippen LogP contribution >= 0.6 is 11.3 Å². The summed E-state index contributed by atoms with van der Waals surface area (Å²) >= 11 is 1.67. The molecule has 3 aromatic rings. The lowest BCUT2D eigenvalue weighted by molar-refractivity contribution is 0.0947. The molecule has 218 valence electrons. The molecule has 1 aromatic heterocycles. The third-order valence-electron chi connectivity index (χ3n) is 6.78. The maximum atomic E-state index is 13.1. The van der Waals surface area contributed by atoms with E-state index in [-0.39, 0.29) is 37.1 Å². The van der Waals surface area contributed by atoms with Crippen molar-refractivity contribution < 1.29 is 27.4 Å². The molecule has 0 radical (unpaired) electrons. The number of fused-ring (bicyclic) bond motifs is 1. The van der Waals surface area contributed by atoms with Crippen molar-refractivity contribution in [3.63, 3.8) is 0 Å². The molecule has 2 heterocycles. The number of methoxy groups -OCH3 is 3. The molecule has 2 aromatic carbocycles. The highest BCUT2D eigenvalue weighted by Gasteiger charge is 2.24. The van der Waals surface area contributed by atoms with E-state index in [1.165, 1.54) is 30.7 Å². The number of hydrogen-bond acceptors (Lipinski definition) is 10. The highest BCUT2D eigenvalue weighted by atomic mass is 32.2. The minimum absolute atomic E-state index is 0.126. The molecule has 0 atom stereocenters. The molecule has 0 aliphatic carbocycles.